The topological polar surface area (TPSA) is 25.2 Å². The number of hydrogen-bond acceptors (Lipinski definition) is 2. The van der Waals surface area contributed by atoms with Gasteiger partial charge < -0.3 is 9.73 Å². The van der Waals surface area contributed by atoms with Gasteiger partial charge in [-0.25, -0.2) is 4.39 Å². The fourth-order valence-corrected chi connectivity index (χ4v) is 2.15. The van der Waals surface area contributed by atoms with Gasteiger partial charge in [0.2, 0.25) is 0 Å². The summed E-state index contributed by atoms with van der Waals surface area (Å²) >= 11 is 0. The molecule has 0 bridgehead atoms. The molecule has 1 aromatic heterocycles. The van der Waals surface area contributed by atoms with E-state index in [-0.39, 0.29) is 11.9 Å². The minimum Gasteiger partial charge on any atom is -0.464 e. The second kappa shape index (κ2) is 5.36. The van der Waals surface area contributed by atoms with Crippen molar-refractivity contribution < 1.29 is 8.81 Å². The van der Waals surface area contributed by atoms with Crippen LogP contribution >= 0.6 is 0 Å². The Morgan fingerprint density at radius 2 is 2.06 bits per heavy atom. The normalized spacial score (nSPS) is 12.7. The van der Waals surface area contributed by atoms with Crippen LogP contribution < -0.4 is 5.32 Å². The summed E-state index contributed by atoms with van der Waals surface area (Å²) in [6, 6.07) is 8.76. The van der Waals surface area contributed by atoms with Crippen LogP contribution in [0.1, 0.15) is 35.6 Å². The summed E-state index contributed by atoms with van der Waals surface area (Å²) in [5.74, 6) is 1.62. The molecular weight excluding hydrogens is 229 g/mol. The predicted octanol–water partition coefficient (Wildman–Crippen LogP) is 3.60. The summed E-state index contributed by atoms with van der Waals surface area (Å²) < 4.78 is 18.9. The molecule has 3 heteroatoms. The van der Waals surface area contributed by atoms with Crippen molar-refractivity contribution >= 4 is 0 Å². The van der Waals surface area contributed by atoms with Gasteiger partial charge >= 0.3 is 0 Å². The lowest BCUT2D eigenvalue weighted by Crippen LogP contribution is -2.18. The van der Waals surface area contributed by atoms with Gasteiger partial charge in [0.1, 0.15) is 17.3 Å². The fourth-order valence-electron chi connectivity index (χ4n) is 2.15. The highest BCUT2D eigenvalue weighted by Crippen LogP contribution is 2.26. The number of furan rings is 1. The molecule has 0 aliphatic carbocycles. The molecule has 0 amide bonds. The van der Waals surface area contributed by atoms with Crippen LogP contribution in [0, 0.1) is 12.7 Å². The van der Waals surface area contributed by atoms with Gasteiger partial charge in [-0.1, -0.05) is 13.0 Å². The van der Waals surface area contributed by atoms with E-state index in [1.54, 1.807) is 12.1 Å². The second-order valence-electron chi connectivity index (χ2n) is 4.38. The first-order chi connectivity index (χ1) is 8.65. The summed E-state index contributed by atoms with van der Waals surface area (Å²) in [5.41, 5.74) is 1.96. The standard InChI is InChI=1S/C15H18FNO/c1-4-12-6-8-14(18-12)15(17-3)13-7-5-11(16)9-10(13)2/h5-9,15,17H,4H2,1-3H3. The van der Waals surface area contributed by atoms with E-state index in [9.17, 15) is 4.39 Å². The Morgan fingerprint density at radius 3 is 2.61 bits per heavy atom. The van der Waals surface area contributed by atoms with Crippen molar-refractivity contribution in [2.45, 2.75) is 26.3 Å². The molecule has 1 heterocycles. The number of benzene rings is 1. The van der Waals surface area contributed by atoms with Crippen LogP contribution in [0.3, 0.4) is 0 Å². The lowest BCUT2D eigenvalue weighted by Gasteiger charge is -2.16. The first-order valence-electron chi connectivity index (χ1n) is 6.17. The van der Waals surface area contributed by atoms with Crippen LogP contribution in [0.5, 0.6) is 0 Å². The van der Waals surface area contributed by atoms with Crippen molar-refractivity contribution in [3.05, 3.63) is 58.8 Å². The van der Waals surface area contributed by atoms with Gasteiger partial charge in [0.05, 0.1) is 6.04 Å². The smallest absolute Gasteiger partial charge is 0.125 e. The third-order valence-electron chi connectivity index (χ3n) is 3.15. The Labute approximate surface area is 107 Å². The summed E-state index contributed by atoms with van der Waals surface area (Å²) in [6.45, 7) is 3.96. The molecule has 0 aliphatic heterocycles. The zero-order valence-corrected chi connectivity index (χ0v) is 11.0. The van der Waals surface area contributed by atoms with Crippen LogP contribution in [0.25, 0.3) is 0 Å². The van der Waals surface area contributed by atoms with E-state index in [4.69, 9.17) is 4.42 Å². The van der Waals surface area contributed by atoms with Crippen LogP contribution in [-0.4, -0.2) is 7.05 Å². The number of nitrogens with one attached hydrogen (secondary N) is 1. The molecule has 0 saturated heterocycles. The number of hydrogen-bond donors (Lipinski definition) is 1. The van der Waals surface area contributed by atoms with Gasteiger partial charge in [-0.05, 0) is 49.4 Å². The third kappa shape index (κ3) is 2.46. The maximum absolute atomic E-state index is 13.1. The third-order valence-corrected chi connectivity index (χ3v) is 3.15. The van der Waals surface area contributed by atoms with E-state index in [2.05, 4.69) is 12.2 Å². The van der Waals surface area contributed by atoms with Crippen molar-refractivity contribution in [2.24, 2.45) is 0 Å². The number of aryl methyl sites for hydroxylation is 2. The number of halogens is 1. The molecule has 0 radical (unpaired) electrons. The van der Waals surface area contributed by atoms with Gasteiger partial charge in [0.25, 0.3) is 0 Å². The molecule has 1 atom stereocenters. The lowest BCUT2D eigenvalue weighted by molar-refractivity contribution is 0.433. The Balaban J connectivity index is 2.38. The molecule has 0 spiro atoms. The molecule has 0 saturated carbocycles. The van der Waals surface area contributed by atoms with Crippen molar-refractivity contribution in [1.82, 2.24) is 5.32 Å². The van der Waals surface area contributed by atoms with Crippen molar-refractivity contribution in [1.29, 1.82) is 0 Å². The van der Waals surface area contributed by atoms with E-state index in [1.807, 2.05) is 26.1 Å². The quantitative estimate of drug-likeness (QED) is 0.893. The molecule has 2 aromatic rings. The van der Waals surface area contributed by atoms with E-state index < -0.39 is 0 Å². The SMILES string of the molecule is CCc1ccc(C(NC)c2ccc(F)cc2C)o1. The summed E-state index contributed by atoms with van der Waals surface area (Å²) in [5, 5.41) is 3.22. The van der Waals surface area contributed by atoms with E-state index >= 15 is 0 Å². The number of rotatable bonds is 4. The van der Waals surface area contributed by atoms with Crippen molar-refractivity contribution in [2.75, 3.05) is 7.05 Å². The molecule has 18 heavy (non-hydrogen) atoms. The van der Waals surface area contributed by atoms with Crippen LogP contribution in [0.15, 0.2) is 34.7 Å². The Hall–Kier alpha value is -1.61. The zero-order valence-electron chi connectivity index (χ0n) is 11.0. The van der Waals surface area contributed by atoms with Gasteiger partial charge in [-0.3, -0.25) is 0 Å². The molecule has 1 N–H and O–H groups in total. The second-order valence-corrected chi connectivity index (χ2v) is 4.38. The highest BCUT2D eigenvalue weighted by molar-refractivity contribution is 5.34. The average Bonchev–Trinajstić information content (AvgIpc) is 2.81. The molecule has 1 aromatic carbocycles. The largest absolute Gasteiger partial charge is 0.464 e. The summed E-state index contributed by atoms with van der Waals surface area (Å²) in [7, 11) is 1.88. The zero-order chi connectivity index (χ0) is 13.1. The molecule has 0 fully saturated rings. The van der Waals surface area contributed by atoms with Gasteiger partial charge in [-0.15, -0.1) is 0 Å². The maximum atomic E-state index is 13.1. The van der Waals surface area contributed by atoms with E-state index in [1.165, 1.54) is 6.07 Å². The maximum Gasteiger partial charge on any atom is 0.125 e. The van der Waals surface area contributed by atoms with Crippen molar-refractivity contribution in [3.63, 3.8) is 0 Å². The minimum atomic E-state index is -0.209. The van der Waals surface area contributed by atoms with Gasteiger partial charge in [0, 0.05) is 6.42 Å². The monoisotopic (exact) mass is 247 g/mol. The summed E-state index contributed by atoms with van der Waals surface area (Å²) in [6.07, 6.45) is 0.874. The minimum absolute atomic E-state index is 0.0362. The molecule has 1 unspecified atom stereocenters. The molecular formula is C15H18FNO. The fraction of sp³-hybridized carbons (Fsp3) is 0.333. The van der Waals surface area contributed by atoms with E-state index in [0.717, 1.165) is 29.1 Å². The van der Waals surface area contributed by atoms with Gasteiger partial charge in [0.15, 0.2) is 0 Å². The van der Waals surface area contributed by atoms with Crippen molar-refractivity contribution in [3.8, 4) is 0 Å². The molecule has 2 nitrogen and oxygen atoms in total. The highest BCUT2D eigenvalue weighted by atomic mass is 19.1. The lowest BCUT2D eigenvalue weighted by atomic mass is 9.99. The molecule has 96 valence electrons. The Kier molecular flexibility index (Phi) is 3.82. The summed E-state index contributed by atoms with van der Waals surface area (Å²) in [4.78, 5) is 0. The van der Waals surface area contributed by atoms with E-state index in [0.29, 0.717) is 0 Å². The van der Waals surface area contributed by atoms with Gasteiger partial charge in [-0.2, -0.15) is 0 Å². The van der Waals surface area contributed by atoms with Crippen LogP contribution in [0.4, 0.5) is 4.39 Å². The molecule has 0 aliphatic rings. The highest BCUT2D eigenvalue weighted by Gasteiger charge is 2.17. The first kappa shape index (κ1) is 12.8. The Bertz CT molecular complexity index is 533. The Morgan fingerprint density at radius 1 is 1.28 bits per heavy atom. The first-order valence-corrected chi connectivity index (χ1v) is 6.17. The average molecular weight is 247 g/mol. The van der Waals surface area contributed by atoms with Crippen LogP contribution in [0.2, 0.25) is 0 Å². The predicted molar refractivity (Wildman–Crippen MR) is 70.1 cm³/mol. The molecule has 2 rings (SSSR count). The van der Waals surface area contributed by atoms with Crippen LogP contribution in [-0.2, 0) is 6.42 Å².